The van der Waals surface area contributed by atoms with Crippen molar-refractivity contribution in [2.24, 2.45) is 0 Å². The summed E-state index contributed by atoms with van der Waals surface area (Å²) in [5, 5.41) is 11.0. The normalized spacial score (nSPS) is 14.8. The first kappa shape index (κ1) is 20.3. The Balaban J connectivity index is 1.38. The minimum absolute atomic E-state index is 0.0315. The topological polar surface area (TPSA) is 110 Å². The predicted octanol–water partition coefficient (Wildman–Crippen LogP) is 2.54. The third-order valence-electron chi connectivity index (χ3n) is 5.38. The third kappa shape index (κ3) is 3.77. The first-order valence-corrected chi connectivity index (χ1v) is 9.70. The molecule has 9 nitrogen and oxygen atoms in total. The number of ether oxygens (including phenoxy) is 1. The van der Waals surface area contributed by atoms with Gasteiger partial charge in [0, 0.05) is 41.2 Å². The highest BCUT2D eigenvalue weighted by molar-refractivity contribution is 6.10. The highest BCUT2D eigenvalue weighted by atomic mass is 16.6. The SMILES string of the molecule is C=C1c2ccccc2C(=O)N1CC(=O)OCC(=O)N1CCCc2cc([N+](=O)[O-])ccc21. The highest BCUT2D eigenvalue weighted by Gasteiger charge is 2.32. The van der Waals surface area contributed by atoms with Crippen molar-refractivity contribution in [2.75, 3.05) is 24.6 Å². The van der Waals surface area contributed by atoms with E-state index >= 15 is 0 Å². The number of hydrogen-bond acceptors (Lipinski definition) is 6. The Morgan fingerprint density at radius 3 is 2.61 bits per heavy atom. The first-order valence-electron chi connectivity index (χ1n) is 9.70. The maximum absolute atomic E-state index is 12.6. The lowest BCUT2D eigenvalue weighted by atomic mass is 10.0. The second kappa shape index (κ2) is 8.02. The van der Waals surface area contributed by atoms with Crippen LogP contribution in [0.3, 0.4) is 0 Å². The van der Waals surface area contributed by atoms with Gasteiger partial charge in [0.2, 0.25) is 0 Å². The van der Waals surface area contributed by atoms with Crippen molar-refractivity contribution < 1.29 is 24.0 Å². The Morgan fingerprint density at radius 1 is 1.16 bits per heavy atom. The molecule has 0 unspecified atom stereocenters. The molecule has 0 aromatic heterocycles. The van der Waals surface area contributed by atoms with Crippen molar-refractivity contribution in [3.63, 3.8) is 0 Å². The summed E-state index contributed by atoms with van der Waals surface area (Å²) in [5.41, 5.74) is 2.80. The van der Waals surface area contributed by atoms with Crippen molar-refractivity contribution in [1.82, 2.24) is 4.90 Å². The largest absolute Gasteiger partial charge is 0.454 e. The summed E-state index contributed by atoms with van der Waals surface area (Å²) in [6.45, 7) is 3.46. The fraction of sp³-hybridized carbons (Fsp3) is 0.227. The summed E-state index contributed by atoms with van der Waals surface area (Å²) in [7, 11) is 0. The molecule has 0 radical (unpaired) electrons. The van der Waals surface area contributed by atoms with Crippen molar-refractivity contribution in [3.8, 4) is 0 Å². The van der Waals surface area contributed by atoms with Gasteiger partial charge in [-0.3, -0.25) is 29.4 Å². The van der Waals surface area contributed by atoms with Crippen molar-refractivity contribution in [2.45, 2.75) is 12.8 Å². The smallest absolute Gasteiger partial charge is 0.326 e. The molecule has 2 heterocycles. The van der Waals surface area contributed by atoms with E-state index in [0.29, 0.717) is 47.5 Å². The lowest BCUT2D eigenvalue weighted by molar-refractivity contribution is -0.384. The Bertz CT molecular complexity index is 1090. The van der Waals surface area contributed by atoms with Crippen LogP contribution in [-0.2, 0) is 20.7 Å². The standard InChI is InChI=1S/C22H19N3O6/c1-14-17-6-2-3-7-18(17)22(28)24(14)12-21(27)31-13-20(26)23-10-4-5-15-11-16(25(29)30)8-9-19(15)23/h2-3,6-9,11H,1,4-5,10,12-13H2. The Kier molecular flexibility index (Phi) is 5.24. The summed E-state index contributed by atoms with van der Waals surface area (Å²) in [4.78, 5) is 50.6. The van der Waals surface area contributed by atoms with Crippen LogP contribution in [0.5, 0.6) is 0 Å². The summed E-state index contributed by atoms with van der Waals surface area (Å²) >= 11 is 0. The van der Waals surface area contributed by atoms with E-state index in [1.54, 1.807) is 24.3 Å². The summed E-state index contributed by atoms with van der Waals surface area (Å²) in [5.74, 6) is -1.50. The maximum atomic E-state index is 12.6. The van der Waals surface area contributed by atoms with Gasteiger partial charge in [0.1, 0.15) is 6.54 Å². The number of nitro benzene ring substituents is 1. The third-order valence-corrected chi connectivity index (χ3v) is 5.38. The average molecular weight is 421 g/mol. The van der Waals surface area contributed by atoms with Gasteiger partial charge in [-0.05, 0) is 30.5 Å². The Hall–Kier alpha value is -4.01. The highest BCUT2D eigenvalue weighted by Crippen LogP contribution is 2.32. The molecule has 4 rings (SSSR count). The van der Waals surface area contributed by atoms with Gasteiger partial charge in [-0.25, -0.2) is 0 Å². The molecule has 0 spiro atoms. The van der Waals surface area contributed by atoms with E-state index in [2.05, 4.69) is 6.58 Å². The van der Waals surface area contributed by atoms with Crippen molar-refractivity contribution in [1.29, 1.82) is 0 Å². The first-order chi connectivity index (χ1) is 14.9. The number of carbonyl (C=O) groups is 3. The van der Waals surface area contributed by atoms with Crippen LogP contribution in [0.2, 0.25) is 0 Å². The number of anilines is 1. The second-order valence-electron chi connectivity index (χ2n) is 7.26. The van der Waals surface area contributed by atoms with E-state index in [0.717, 1.165) is 0 Å². The van der Waals surface area contributed by atoms with Gasteiger partial charge >= 0.3 is 5.97 Å². The minimum Gasteiger partial charge on any atom is -0.454 e. The molecule has 2 aliphatic rings. The average Bonchev–Trinajstić information content (AvgIpc) is 3.01. The van der Waals surface area contributed by atoms with Crippen LogP contribution >= 0.6 is 0 Å². The number of non-ortho nitro benzene ring substituents is 1. The maximum Gasteiger partial charge on any atom is 0.326 e. The number of esters is 1. The number of benzene rings is 2. The molecular weight excluding hydrogens is 402 g/mol. The zero-order valence-electron chi connectivity index (χ0n) is 16.6. The minimum atomic E-state index is -0.725. The molecule has 2 aliphatic heterocycles. The molecule has 9 heteroatoms. The summed E-state index contributed by atoms with van der Waals surface area (Å²) in [6.07, 6.45) is 1.27. The fourth-order valence-corrected chi connectivity index (χ4v) is 3.85. The second-order valence-corrected chi connectivity index (χ2v) is 7.26. The molecule has 0 saturated carbocycles. The van der Waals surface area contributed by atoms with Crippen LogP contribution in [0, 0.1) is 10.1 Å². The quantitative estimate of drug-likeness (QED) is 0.417. The van der Waals surface area contributed by atoms with Crippen LogP contribution in [0.25, 0.3) is 5.70 Å². The predicted molar refractivity (Wildman–Crippen MR) is 111 cm³/mol. The molecule has 0 N–H and O–H groups in total. The Morgan fingerprint density at radius 2 is 1.90 bits per heavy atom. The molecule has 0 saturated heterocycles. The molecule has 2 aromatic carbocycles. The van der Waals surface area contributed by atoms with Crippen molar-refractivity contribution in [3.05, 3.63) is 75.8 Å². The number of nitro groups is 1. The molecule has 31 heavy (non-hydrogen) atoms. The number of fused-ring (bicyclic) bond motifs is 2. The zero-order valence-corrected chi connectivity index (χ0v) is 16.6. The van der Waals surface area contributed by atoms with Crippen LogP contribution in [0.1, 0.15) is 27.9 Å². The van der Waals surface area contributed by atoms with Crippen LogP contribution in [0.4, 0.5) is 11.4 Å². The summed E-state index contributed by atoms with van der Waals surface area (Å²) < 4.78 is 5.12. The van der Waals surface area contributed by atoms with Crippen LogP contribution in [-0.4, -0.2) is 47.3 Å². The monoisotopic (exact) mass is 421 g/mol. The Labute approximate surface area is 177 Å². The van der Waals surface area contributed by atoms with Gasteiger partial charge in [-0.2, -0.15) is 0 Å². The number of rotatable bonds is 5. The van der Waals surface area contributed by atoms with E-state index in [9.17, 15) is 24.5 Å². The van der Waals surface area contributed by atoms with Gasteiger partial charge in [-0.15, -0.1) is 0 Å². The van der Waals surface area contributed by atoms with Gasteiger partial charge in [0.15, 0.2) is 6.61 Å². The molecule has 158 valence electrons. The van der Waals surface area contributed by atoms with E-state index in [4.69, 9.17) is 4.74 Å². The van der Waals surface area contributed by atoms with Gasteiger partial charge in [0.05, 0.1) is 4.92 Å². The lowest BCUT2D eigenvalue weighted by Crippen LogP contribution is -2.39. The summed E-state index contributed by atoms with van der Waals surface area (Å²) in [6, 6.07) is 11.3. The van der Waals surface area contributed by atoms with Gasteiger partial charge < -0.3 is 9.64 Å². The number of amides is 2. The van der Waals surface area contributed by atoms with Gasteiger partial charge in [-0.1, -0.05) is 24.8 Å². The number of hydrogen-bond donors (Lipinski definition) is 0. The molecule has 0 fully saturated rings. The molecule has 0 bridgehead atoms. The number of carbonyl (C=O) groups excluding carboxylic acids is 3. The lowest BCUT2D eigenvalue weighted by Gasteiger charge is -2.29. The zero-order chi connectivity index (χ0) is 22.1. The van der Waals surface area contributed by atoms with Crippen LogP contribution in [0.15, 0.2) is 49.0 Å². The molecule has 2 aromatic rings. The number of aryl methyl sites for hydroxylation is 1. The molecule has 0 aliphatic carbocycles. The van der Waals surface area contributed by atoms with Crippen LogP contribution < -0.4 is 4.90 Å². The number of nitrogens with zero attached hydrogens (tertiary/aromatic N) is 3. The van der Waals surface area contributed by atoms with E-state index in [1.165, 1.54) is 28.0 Å². The van der Waals surface area contributed by atoms with E-state index < -0.39 is 23.4 Å². The van der Waals surface area contributed by atoms with E-state index in [-0.39, 0.29) is 18.1 Å². The van der Waals surface area contributed by atoms with E-state index in [1.807, 2.05) is 0 Å². The van der Waals surface area contributed by atoms with Gasteiger partial charge in [0.25, 0.3) is 17.5 Å². The molecule has 2 amide bonds. The molecular formula is C22H19N3O6. The van der Waals surface area contributed by atoms with Crippen molar-refractivity contribution >= 4 is 34.9 Å². The fourth-order valence-electron chi connectivity index (χ4n) is 3.85. The molecule has 0 atom stereocenters.